The Balaban J connectivity index is 2.07. The highest BCUT2D eigenvalue weighted by atomic mass is 35.5. The largest absolute Gasteiger partial charge is 0.383 e. The summed E-state index contributed by atoms with van der Waals surface area (Å²) < 4.78 is 3.98. The molecule has 1 atom stereocenters. The van der Waals surface area contributed by atoms with Crippen molar-refractivity contribution >= 4 is 40.7 Å². The molecule has 138 valence electrons. The van der Waals surface area contributed by atoms with Gasteiger partial charge in [0.2, 0.25) is 11.8 Å². The van der Waals surface area contributed by atoms with Crippen LogP contribution in [0.3, 0.4) is 0 Å². The highest BCUT2D eigenvalue weighted by molar-refractivity contribution is 6.53. The number of ether oxygens (including phenoxy) is 1. The van der Waals surface area contributed by atoms with Crippen LogP contribution in [-0.2, 0) is 14.3 Å². The molecular weight excluding hydrogens is 363 g/mol. The molecule has 0 aliphatic heterocycles. The highest BCUT2D eigenvalue weighted by Gasteiger charge is 2.68. The number of hydrogen-bond donors (Lipinski definition) is 1. The molecule has 0 spiro atoms. The standard InChI is InChI=1S/C18H24Cl2N2O3/c1-12-6-5-7-14(13(12)2)21-15(23)10-22(8-9-25-4)16(24)17(3)11-18(17,19)20/h5-7H,8-11H2,1-4H3,(H,21,23). The molecule has 1 aromatic rings. The van der Waals surface area contributed by atoms with Crippen LogP contribution in [0.5, 0.6) is 0 Å². The number of halogens is 2. The van der Waals surface area contributed by atoms with Gasteiger partial charge in [-0.15, -0.1) is 23.2 Å². The Hall–Kier alpha value is -1.30. The van der Waals surface area contributed by atoms with E-state index in [0.717, 1.165) is 16.8 Å². The number of anilines is 1. The normalized spacial score (nSPS) is 20.9. The zero-order valence-electron chi connectivity index (χ0n) is 15.0. The number of carbonyl (C=O) groups excluding carboxylic acids is 2. The van der Waals surface area contributed by atoms with Gasteiger partial charge in [-0.2, -0.15) is 0 Å². The second-order valence-electron chi connectivity index (χ2n) is 6.73. The minimum Gasteiger partial charge on any atom is -0.383 e. The number of nitrogens with one attached hydrogen (secondary N) is 1. The lowest BCUT2D eigenvalue weighted by atomic mass is 10.1. The van der Waals surface area contributed by atoms with Crippen molar-refractivity contribution in [2.75, 3.05) is 32.1 Å². The Morgan fingerprint density at radius 1 is 1.32 bits per heavy atom. The van der Waals surface area contributed by atoms with E-state index in [4.69, 9.17) is 27.9 Å². The Labute approximate surface area is 158 Å². The molecule has 1 N–H and O–H groups in total. The van der Waals surface area contributed by atoms with Crippen LogP contribution in [-0.4, -0.2) is 47.9 Å². The third kappa shape index (κ3) is 4.27. The second-order valence-corrected chi connectivity index (χ2v) is 8.21. The number of aryl methyl sites for hydroxylation is 1. The maximum Gasteiger partial charge on any atom is 0.244 e. The molecule has 5 nitrogen and oxygen atoms in total. The Morgan fingerprint density at radius 2 is 1.96 bits per heavy atom. The predicted octanol–water partition coefficient (Wildman–Crippen LogP) is 3.30. The Morgan fingerprint density at radius 3 is 2.52 bits per heavy atom. The van der Waals surface area contributed by atoms with E-state index in [0.29, 0.717) is 19.6 Å². The topological polar surface area (TPSA) is 58.6 Å². The van der Waals surface area contributed by atoms with Crippen LogP contribution in [0.15, 0.2) is 18.2 Å². The fourth-order valence-corrected chi connectivity index (χ4v) is 3.38. The molecule has 1 unspecified atom stereocenters. The summed E-state index contributed by atoms with van der Waals surface area (Å²) in [7, 11) is 1.55. The van der Waals surface area contributed by atoms with Gasteiger partial charge in [-0.1, -0.05) is 12.1 Å². The number of alkyl halides is 2. The number of rotatable bonds is 7. The lowest BCUT2D eigenvalue weighted by Gasteiger charge is -2.26. The van der Waals surface area contributed by atoms with Crippen LogP contribution in [0, 0.1) is 19.3 Å². The van der Waals surface area contributed by atoms with E-state index in [1.54, 1.807) is 14.0 Å². The maximum absolute atomic E-state index is 12.8. The Bertz CT molecular complexity index is 678. The molecule has 2 amide bonds. The van der Waals surface area contributed by atoms with Gasteiger partial charge in [0.05, 0.1) is 18.6 Å². The van der Waals surface area contributed by atoms with Crippen molar-refractivity contribution in [3.05, 3.63) is 29.3 Å². The summed E-state index contributed by atoms with van der Waals surface area (Å²) in [4.78, 5) is 26.7. The van der Waals surface area contributed by atoms with Gasteiger partial charge in [0, 0.05) is 19.3 Å². The van der Waals surface area contributed by atoms with E-state index < -0.39 is 9.75 Å². The molecule has 1 fully saturated rings. The minimum absolute atomic E-state index is 0.0744. The quantitative estimate of drug-likeness (QED) is 0.731. The zero-order chi connectivity index (χ0) is 18.8. The third-order valence-corrected chi connectivity index (χ3v) is 5.90. The van der Waals surface area contributed by atoms with Crippen molar-refractivity contribution in [1.29, 1.82) is 0 Å². The summed E-state index contributed by atoms with van der Waals surface area (Å²) in [5, 5.41) is 2.87. The molecule has 25 heavy (non-hydrogen) atoms. The molecule has 0 bridgehead atoms. The SMILES string of the molecule is COCCN(CC(=O)Nc1cccc(C)c1C)C(=O)C1(C)CC1(Cl)Cl. The summed E-state index contributed by atoms with van der Waals surface area (Å²) >= 11 is 12.2. The van der Waals surface area contributed by atoms with Gasteiger partial charge in [-0.25, -0.2) is 0 Å². The van der Waals surface area contributed by atoms with E-state index >= 15 is 0 Å². The minimum atomic E-state index is -1.07. The van der Waals surface area contributed by atoms with Gasteiger partial charge in [-0.05, 0) is 44.4 Å². The fraction of sp³-hybridized carbons (Fsp3) is 0.556. The van der Waals surface area contributed by atoms with Crippen LogP contribution in [0.25, 0.3) is 0 Å². The van der Waals surface area contributed by atoms with Crippen molar-refractivity contribution in [2.24, 2.45) is 5.41 Å². The fourth-order valence-electron chi connectivity index (χ4n) is 2.68. The molecule has 1 aliphatic carbocycles. The number of methoxy groups -OCH3 is 1. The average Bonchev–Trinajstić information content (AvgIpc) is 3.07. The van der Waals surface area contributed by atoms with Crippen molar-refractivity contribution in [3.8, 4) is 0 Å². The summed E-state index contributed by atoms with van der Waals surface area (Å²) in [6.07, 6.45) is 0.379. The van der Waals surface area contributed by atoms with Crippen LogP contribution >= 0.6 is 23.2 Å². The molecule has 2 rings (SSSR count). The number of benzene rings is 1. The average molecular weight is 387 g/mol. The van der Waals surface area contributed by atoms with E-state index in [1.165, 1.54) is 4.90 Å². The number of amides is 2. The van der Waals surface area contributed by atoms with Gasteiger partial charge in [-0.3, -0.25) is 9.59 Å². The van der Waals surface area contributed by atoms with E-state index in [2.05, 4.69) is 5.32 Å². The van der Waals surface area contributed by atoms with Gasteiger partial charge in [0.25, 0.3) is 0 Å². The third-order valence-electron chi connectivity index (χ3n) is 4.80. The monoisotopic (exact) mass is 386 g/mol. The van der Waals surface area contributed by atoms with Crippen molar-refractivity contribution in [3.63, 3.8) is 0 Å². The van der Waals surface area contributed by atoms with E-state index in [-0.39, 0.29) is 18.4 Å². The summed E-state index contributed by atoms with van der Waals surface area (Å²) in [5.74, 6) is -0.497. The first kappa shape index (κ1) is 20.0. The summed E-state index contributed by atoms with van der Waals surface area (Å²) in [6.45, 7) is 6.20. The predicted molar refractivity (Wildman–Crippen MR) is 100 cm³/mol. The summed E-state index contributed by atoms with van der Waals surface area (Å²) in [5.41, 5.74) is 1.97. The van der Waals surface area contributed by atoms with Crippen LogP contribution < -0.4 is 5.32 Å². The smallest absolute Gasteiger partial charge is 0.244 e. The summed E-state index contributed by atoms with van der Waals surface area (Å²) in [6, 6.07) is 5.70. The van der Waals surface area contributed by atoms with Crippen molar-refractivity contribution < 1.29 is 14.3 Å². The lowest BCUT2D eigenvalue weighted by Crippen LogP contribution is -2.44. The zero-order valence-corrected chi connectivity index (χ0v) is 16.5. The molecular formula is C18H24Cl2N2O3. The second kappa shape index (κ2) is 7.52. The molecule has 1 saturated carbocycles. The van der Waals surface area contributed by atoms with Gasteiger partial charge in [0.1, 0.15) is 4.33 Å². The van der Waals surface area contributed by atoms with Crippen LogP contribution in [0.4, 0.5) is 5.69 Å². The number of nitrogens with zero attached hydrogens (tertiary/aromatic N) is 1. The molecule has 1 aromatic carbocycles. The lowest BCUT2D eigenvalue weighted by molar-refractivity contribution is -0.139. The first-order valence-electron chi connectivity index (χ1n) is 8.14. The molecule has 0 radical (unpaired) electrons. The van der Waals surface area contributed by atoms with Gasteiger partial charge in [0.15, 0.2) is 0 Å². The van der Waals surface area contributed by atoms with Crippen LogP contribution in [0.1, 0.15) is 24.5 Å². The van der Waals surface area contributed by atoms with E-state index in [9.17, 15) is 9.59 Å². The first-order valence-corrected chi connectivity index (χ1v) is 8.90. The number of carbonyl (C=O) groups is 2. The molecule has 1 aliphatic rings. The van der Waals surface area contributed by atoms with E-state index in [1.807, 2.05) is 32.0 Å². The molecule has 0 aromatic heterocycles. The van der Waals surface area contributed by atoms with Gasteiger partial charge >= 0.3 is 0 Å². The highest BCUT2D eigenvalue weighted by Crippen LogP contribution is 2.64. The van der Waals surface area contributed by atoms with Crippen LogP contribution in [0.2, 0.25) is 0 Å². The molecule has 7 heteroatoms. The van der Waals surface area contributed by atoms with Crippen molar-refractivity contribution in [2.45, 2.75) is 31.5 Å². The van der Waals surface area contributed by atoms with Crippen molar-refractivity contribution in [1.82, 2.24) is 4.90 Å². The molecule has 0 heterocycles. The van der Waals surface area contributed by atoms with Gasteiger partial charge < -0.3 is 15.0 Å². The Kier molecular flexibility index (Phi) is 6.02. The first-order chi connectivity index (χ1) is 11.6. The number of hydrogen-bond acceptors (Lipinski definition) is 3. The maximum atomic E-state index is 12.8. The molecule has 0 saturated heterocycles.